The quantitative estimate of drug-likeness (QED) is 0.502. The Hall–Kier alpha value is -1.35. The topological polar surface area (TPSA) is 13.1 Å². The van der Waals surface area contributed by atoms with Gasteiger partial charge in [0.15, 0.2) is 0 Å². The maximum Gasteiger partial charge on any atom is 0.133 e. The van der Waals surface area contributed by atoms with E-state index in [1.54, 1.807) is 24.1 Å². The van der Waals surface area contributed by atoms with E-state index in [1.807, 2.05) is 24.3 Å². The zero-order valence-corrected chi connectivity index (χ0v) is 13.4. The van der Waals surface area contributed by atoms with Crippen LogP contribution in [0.3, 0.4) is 0 Å². The van der Waals surface area contributed by atoms with Gasteiger partial charge in [-0.3, -0.25) is 0 Å². The molecule has 1 nitrogen and oxygen atoms in total. The van der Waals surface area contributed by atoms with Crippen molar-refractivity contribution in [1.82, 2.24) is 0 Å². The molecule has 0 spiro atoms. The molecule has 0 saturated heterocycles. The van der Waals surface area contributed by atoms with Crippen molar-refractivity contribution in [3.8, 4) is 11.3 Å². The number of benzene rings is 2. The second kappa shape index (κ2) is 6.61. The maximum atomic E-state index is 6.18. The Morgan fingerprint density at radius 2 is 1.76 bits per heavy atom. The third-order valence-corrected chi connectivity index (χ3v) is 4.72. The maximum absolute atomic E-state index is 6.18. The Kier molecular flexibility index (Phi) is 4.59. The molecule has 1 heterocycles. The molecule has 0 N–H and O–H groups in total. The molecule has 4 heteroatoms. The highest BCUT2D eigenvalue weighted by Gasteiger charge is 2.04. The van der Waals surface area contributed by atoms with Gasteiger partial charge in [-0.2, -0.15) is 0 Å². The van der Waals surface area contributed by atoms with E-state index in [-0.39, 0.29) is 0 Å². The molecule has 0 aliphatic rings. The van der Waals surface area contributed by atoms with Gasteiger partial charge in [-0.1, -0.05) is 41.4 Å². The first-order valence-electron chi connectivity index (χ1n) is 6.43. The zero-order valence-electron chi connectivity index (χ0n) is 11.1. The zero-order chi connectivity index (χ0) is 14.7. The van der Waals surface area contributed by atoms with Crippen LogP contribution in [-0.4, -0.2) is 0 Å². The van der Waals surface area contributed by atoms with Gasteiger partial charge in [-0.15, -0.1) is 11.8 Å². The van der Waals surface area contributed by atoms with Crippen LogP contribution in [0.5, 0.6) is 0 Å². The van der Waals surface area contributed by atoms with Crippen molar-refractivity contribution in [2.24, 2.45) is 0 Å². The van der Waals surface area contributed by atoms with Crippen molar-refractivity contribution < 1.29 is 4.42 Å². The summed E-state index contributed by atoms with van der Waals surface area (Å²) in [7, 11) is 0. The van der Waals surface area contributed by atoms with Crippen molar-refractivity contribution in [3.05, 3.63) is 76.5 Å². The molecule has 1 aromatic heterocycles. The average Bonchev–Trinajstić information content (AvgIpc) is 3.01. The van der Waals surface area contributed by atoms with Gasteiger partial charge in [0.2, 0.25) is 0 Å². The Balaban J connectivity index is 1.68. The molecule has 0 unspecified atom stereocenters. The van der Waals surface area contributed by atoms with Crippen LogP contribution in [0, 0.1) is 0 Å². The largest absolute Gasteiger partial charge is 0.464 e. The van der Waals surface area contributed by atoms with Crippen LogP contribution in [0.2, 0.25) is 10.0 Å². The average molecular weight is 335 g/mol. The second-order valence-electron chi connectivity index (χ2n) is 4.53. The van der Waals surface area contributed by atoms with Gasteiger partial charge < -0.3 is 4.42 Å². The van der Waals surface area contributed by atoms with Crippen LogP contribution in [0.4, 0.5) is 0 Å². The normalized spacial score (nSPS) is 10.8. The molecule has 0 aliphatic heterocycles. The summed E-state index contributed by atoms with van der Waals surface area (Å²) in [5.74, 6) is 1.70. The summed E-state index contributed by atoms with van der Waals surface area (Å²) >= 11 is 13.8. The molecular weight excluding hydrogens is 323 g/mol. The third-order valence-electron chi connectivity index (χ3n) is 3.07. The summed E-state index contributed by atoms with van der Waals surface area (Å²) in [4.78, 5) is 1.19. The van der Waals surface area contributed by atoms with Gasteiger partial charge >= 0.3 is 0 Å². The van der Waals surface area contributed by atoms with E-state index in [4.69, 9.17) is 27.6 Å². The first kappa shape index (κ1) is 14.6. The summed E-state index contributed by atoms with van der Waals surface area (Å²) in [6.45, 7) is 0. The lowest BCUT2D eigenvalue weighted by Gasteiger charge is -2.05. The summed E-state index contributed by atoms with van der Waals surface area (Å²) in [5, 5.41) is 1.37. The monoisotopic (exact) mass is 334 g/mol. The molecule has 0 bridgehead atoms. The van der Waals surface area contributed by atoms with E-state index in [1.165, 1.54) is 4.90 Å². The highest BCUT2D eigenvalue weighted by Crippen LogP contribution is 2.30. The molecule has 3 aromatic rings. The van der Waals surface area contributed by atoms with E-state index in [0.29, 0.717) is 10.0 Å². The molecule has 0 atom stereocenters. The van der Waals surface area contributed by atoms with Crippen molar-refractivity contribution in [1.29, 1.82) is 0 Å². The van der Waals surface area contributed by atoms with Crippen LogP contribution < -0.4 is 0 Å². The summed E-state index contributed by atoms with van der Waals surface area (Å²) < 4.78 is 5.38. The number of rotatable bonds is 4. The number of thioether (sulfide) groups is 1. The first-order chi connectivity index (χ1) is 10.2. The van der Waals surface area contributed by atoms with Gasteiger partial charge in [-0.25, -0.2) is 0 Å². The van der Waals surface area contributed by atoms with Crippen LogP contribution in [0.15, 0.2) is 70.2 Å². The molecule has 0 saturated carbocycles. The molecule has 0 amide bonds. The molecule has 0 aliphatic carbocycles. The third kappa shape index (κ3) is 3.65. The highest BCUT2D eigenvalue weighted by molar-refractivity contribution is 7.98. The lowest BCUT2D eigenvalue weighted by Crippen LogP contribution is -1.83. The molecular formula is C17H12Cl2OS. The summed E-state index contributed by atoms with van der Waals surface area (Å²) in [6.07, 6.45) is 1.68. The standard InChI is InChI=1S/C17H12Cl2OS/c18-14-6-3-13(16(19)10-14)11-21-15-7-4-12(5-8-15)17-2-1-9-20-17/h1-10H,11H2. The predicted molar refractivity (Wildman–Crippen MR) is 90.2 cm³/mol. The van der Waals surface area contributed by atoms with Crippen LogP contribution in [-0.2, 0) is 5.75 Å². The van der Waals surface area contributed by atoms with Crippen molar-refractivity contribution in [2.75, 3.05) is 0 Å². The van der Waals surface area contributed by atoms with Crippen molar-refractivity contribution in [3.63, 3.8) is 0 Å². The predicted octanol–water partition coefficient (Wildman–Crippen LogP) is 6.55. The molecule has 2 aromatic carbocycles. The van der Waals surface area contributed by atoms with Crippen LogP contribution in [0.1, 0.15) is 5.56 Å². The number of hydrogen-bond acceptors (Lipinski definition) is 2. The van der Waals surface area contributed by atoms with Crippen LogP contribution >= 0.6 is 35.0 Å². The van der Waals surface area contributed by atoms with E-state index in [9.17, 15) is 0 Å². The van der Waals surface area contributed by atoms with E-state index < -0.39 is 0 Å². The summed E-state index contributed by atoms with van der Waals surface area (Å²) in [6, 6.07) is 17.8. The smallest absolute Gasteiger partial charge is 0.133 e. The van der Waals surface area contributed by atoms with Crippen molar-refractivity contribution >= 4 is 35.0 Å². The fourth-order valence-electron chi connectivity index (χ4n) is 1.96. The lowest BCUT2D eigenvalue weighted by atomic mass is 10.2. The van der Waals surface area contributed by atoms with Gasteiger partial charge in [0, 0.05) is 26.3 Å². The Labute approximate surface area is 137 Å². The van der Waals surface area contributed by atoms with Crippen molar-refractivity contribution in [2.45, 2.75) is 10.6 Å². The molecule has 3 rings (SSSR count). The minimum absolute atomic E-state index is 0.663. The van der Waals surface area contributed by atoms with E-state index in [2.05, 4.69) is 24.3 Å². The minimum Gasteiger partial charge on any atom is -0.464 e. The van der Waals surface area contributed by atoms with Gasteiger partial charge in [-0.05, 0) is 42.0 Å². The number of furan rings is 1. The van der Waals surface area contributed by atoms with Gasteiger partial charge in [0.05, 0.1) is 6.26 Å². The number of hydrogen-bond donors (Lipinski definition) is 0. The lowest BCUT2D eigenvalue weighted by molar-refractivity contribution is 0.582. The highest BCUT2D eigenvalue weighted by atomic mass is 35.5. The van der Waals surface area contributed by atoms with Crippen LogP contribution in [0.25, 0.3) is 11.3 Å². The molecule has 0 radical (unpaired) electrons. The Bertz CT molecular complexity index is 721. The van der Waals surface area contributed by atoms with Gasteiger partial charge in [0.1, 0.15) is 5.76 Å². The Morgan fingerprint density at radius 1 is 0.952 bits per heavy atom. The minimum atomic E-state index is 0.663. The molecule has 0 fully saturated rings. The first-order valence-corrected chi connectivity index (χ1v) is 8.17. The molecule has 21 heavy (non-hydrogen) atoms. The number of halogens is 2. The second-order valence-corrected chi connectivity index (χ2v) is 6.42. The SMILES string of the molecule is Clc1ccc(CSc2ccc(-c3ccco3)cc2)c(Cl)c1. The van der Waals surface area contributed by atoms with E-state index in [0.717, 1.165) is 22.6 Å². The fraction of sp³-hybridized carbons (Fsp3) is 0.0588. The fourth-order valence-corrected chi connectivity index (χ4v) is 3.42. The summed E-state index contributed by atoms with van der Waals surface area (Å²) in [5.41, 5.74) is 2.16. The van der Waals surface area contributed by atoms with Gasteiger partial charge in [0.25, 0.3) is 0 Å². The molecule has 106 valence electrons. The van der Waals surface area contributed by atoms with E-state index >= 15 is 0 Å². The Morgan fingerprint density at radius 3 is 2.43 bits per heavy atom.